The van der Waals surface area contributed by atoms with Gasteiger partial charge in [-0.2, -0.15) is 0 Å². The van der Waals surface area contributed by atoms with E-state index in [0.717, 1.165) is 39.8 Å². The molecule has 102 valence electrons. The fourth-order valence-electron chi connectivity index (χ4n) is 2.82. The summed E-state index contributed by atoms with van der Waals surface area (Å²) in [6.45, 7) is 4.29. The second-order valence-corrected chi connectivity index (χ2v) is 7.01. The molecule has 0 spiro atoms. The number of furan rings is 1. The molecule has 0 radical (unpaired) electrons. The molecular formula is C14H21Br2NO. The maximum absolute atomic E-state index is 5.53. The minimum Gasteiger partial charge on any atom is -0.452 e. The van der Waals surface area contributed by atoms with Gasteiger partial charge in [-0.15, -0.1) is 0 Å². The molecule has 1 heterocycles. The summed E-state index contributed by atoms with van der Waals surface area (Å²) < 4.78 is 7.30. The Morgan fingerprint density at radius 3 is 2.89 bits per heavy atom. The summed E-state index contributed by atoms with van der Waals surface area (Å²) in [5.74, 6) is 2.84. The van der Waals surface area contributed by atoms with Crippen molar-refractivity contribution in [1.82, 2.24) is 5.32 Å². The fourth-order valence-corrected chi connectivity index (χ4v) is 3.48. The van der Waals surface area contributed by atoms with Crippen molar-refractivity contribution < 1.29 is 4.42 Å². The van der Waals surface area contributed by atoms with Crippen LogP contribution in [0.4, 0.5) is 0 Å². The van der Waals surface area contributed by atoms with Crippen molar-refractivity contribution in [2.45, 2.75) is 45.6 Å². The molecule has 1 fully saturated rings. The lowest BCUT2D eigenvalue weighted by atomic mass is 9.81. The normalized spacial score (nSPS) is 24.4. The third-order valence-electron chi connectivity index (χ3n) is 3.77. The van der Waals surface area contributed by atoms with Gasteiger partial charge in [0.2, 0.25) is 0 Å². The summed E-state index contributed by atoms with van der Waals surface area (Å²) in [7, 11) is 0. The van der Waals surface area contributed by atoms with Gasteiger partial charge in [-0.25, -0.2) is 0 Å². The lowest BCUT2D eigenvalue weighted by Gasteiger charge is -2.26. The Hall–Kier alpha value is 0.200. The van der Waals surface area contributed by atoms with Gasteiger partial charge in [0.05, 0.1) is 11.0 Å². The van der Waals surface area contributed by atoms with E-state index < -0.39 is 0 Å². The molecule has 0 bridgehead atoms. The van der Waals surface area contributed by atoms with Gasteiger partial charge in [-0.1, -0.05) is 26.2 Å². The average molecular weight is 379 g/mol. The van der Waals surface area contributed by atoms with Crippen molar-refractivity contribution in [2.75, 3.05) is 6.54 Å². The number of nitrogens with one attached hydrogen (secondary N) is 1. The zero-order valence-electron chi connectivity index (χ0n) is 10.8. The fraction of sp³-hybridized carbons (Fsp3) is 0.714. The number of hydrogen-bond donors (Lipinski definition) is 1. The average Bonchev–Trinajstić information content (AvgIpc) is 2.65. The number of hydrogen-bond acceptors (Lipinski definition) is 2. The maximum Gasteiger partial charge on any atom is 0.183 e. The first-order chi connectivity index (χ1) is 8.65. The molecule has 1 aromatic heterocycles. The van der Waals surface area contributed by atoms with Crippen LogP contribution in [0.25, 0.3) is 0 Å². The van der Waals surface area contributed by atoms with E-state index in [4.69, 9.17) is 4.42 Å². The quantitative estimate of drug-likeness (QED) is 0.720. The predicted octanol–water partition coefficient (Wildman–Crippen LogP) is 5.11. The Bertz CT molecular complexity index is 358. The third kappa shape index (κ3) is 4.39. The molecule has 1 aliphatic carbocycles. The molecule has 1 aliphatic rings. The molecule has 1 saturated carbocycles. The molecule has 0 aromatic carbocycles. The summed E-state index contributed by atoms with van der Waals surface area (Å²) in [5, 5.41) is 3.47. The lowest BCUT2D eigenvalue weighted by molar-refractivity contribution is 0.267. The Kier molecular flexibility index (Phi) is 5.77. The summed E-state index contributed by atoms with van der Waals surface area (Å²) in [4.78, 5) is 0. The van der Waals surface area contributed by atoms with Crippen LogP contribution in [0.3, 0.4) is 0 Å². The van der Waals surface area contributed by atoms with Gasteiger partial charge in [0.15, 0.2) is 4.67 Å². The van der Waals surface area contributed by atoms with Crippen molar-refractivity contribution in [3.8, 4) is 0 Å². The van der Waals surface area contributed by atoms with Crippen LogP contribution in [0, 0.1) is 11.8 Å². The molecule has 4 heteroatoms. The van der Waals surface area contributed by atoms with Crippen LogP contribution in [0.1, 0.15) is 44.8 Å². The van der Waals surface area contributed by atoms with Gasteiger partial charge in [-0.3, -0.25) is 0 Å². The Balaban J connectivity index is 1.63. The Labute approximate surface area is 126 Å². The van der Waals surface area contributed by atoms with E-state index in [1.165, 1.54) is 32.1 Å². The van der Waals surface area contributed by atoms with E-state index in [9.17, 15) is 0 Å². The Morgan fingerprint density at radius 1 is 1.39 bits per heavy atom. The molecule has 0 amide bonds. The van der Waals surface area contributed by atoms with E-state index in [1.54, 1.807) is 0 Å². The first-order valence-electron chi connectivity index (χ1n) is 6.79. The van der Waals surface area contributed by atoms with Crippen molar-refractivity contribution in [2.24, 2.45) is 11.8 Å². The summed E-state index contributed by atoms with van der Waals surface area (Å²) in [5.41, 5.74) is 0. The summed E-state index contributed by atoms with van der Waals surface area (Å²) in [6, 6.07) is 2.01. The predicted molar refractivity (Wildman–Crippen MR) is 81.6 cm³/mol. The van der Waals surface area contributed by atoms with Crippen molar-refractivity contribution in [1.29, 1.82) is 0 Å². The largest absolute Gasteiger partial charge is 0.452 e. The van der Waals surface area contributed by atoms with E-state index in [1.807, 2.05) is 6.07 Å². The van der Waals surface area contributed by atoms with Crippen LogP contribution in [-0.2, 0) is 6.54 Å². The van der Waals surface area contributed by atoms with Crippen LogP contribution in [-0.4, -0.2) is 6.54 Å². The second kappa shape index (κ2) is 7.11. The van der Waals surface area contributed by atoms with Gasteiger partial charge in [0.25, 0.3) is 0 Å². The second-order valence-electron chi connectivity index (χ2n) is 5.44. The van der Waals surface area contributed by atoms with Gasteiger partial charge in [-0.05, 0) is 69.1 Å². The molecule has 2 nitrogen and oxygen atoms in total. The van der Waals surface area contributed by atoms with Gasteiger partial charge in [0.1, 0.15) is 5.76 Å². The minimum atomic E-state index is 0.778. The standard InChI is InChI=1S/C14H21Br2NO/c1-10-3-2-4-11(7-10)5-6-17-9-12-8-13(15)14(16)18-12/h8,10-11,17H,2-7,9H2,1H3. The van der Waals surface area contributed by atoms with Crippen LogP contribution >= 0.6 is 31.9 Å². The van der Waals surface area contributed by atoms with E-state index in [2.05, 4.69) is 44.1 Å². The zero-order valence-corrected chi connectivity index (χ0v) is 14.0. The first kappa shape index (κ1) is 14.6. The third-order valence-corrected chi connectivity index (χ3v) is 5.48. The maximum atomic E-state index is 5.53. The van der Waals surface area contributed by atoms with Crippen LogP contribution in [0.5, 0.6) is 0 Å². The van der Waals surface area contributed by atoms with Crippen molar-refractivity contribution in [3.05, 3.63) is 21.0 Å². The molecule has 0 saturated heterocycles. The van der Waals surface area contributed by atoms with Crippen LogP contribution in [0.15, 0.2) is 19.6 Å². The molecule has 2 atom stereocenters. The number of rotatable bonds is 5. The topological polar surface area (TPSA) is 25.2 Å². The Morgan fingerprint density at radius 2 is 2.22 bits per heavy atom. The molecule has 1 aromatic rings. The molecule has 0 aliphatic heterocycles. The van der Waals surface area contributed by atoms with Gasteiger partial charge in [0, 0.05) is 0 Å². The van der Waals surface area contributed by atoms with Crippen LogP contribution in [0.2, 0.25) is 0 Å². The number of halogens is 2. The smallest absolute Gasteiger partial charge is 0.183 e. The molecule has 1 N–H and O–H groups in total. The lowest BCUT2D eigenvalue weighted by Crippen LogP contribution is -2.20. The first-order valence-corrected chi connectivity index (χ1v) is 8.38. The van der Waals surface area contributed by atoms with E-state index in [0.29, 0.717) is 0 Å². The SMILES string of the molecule is CC1CCCC(CCNCc2cc(Br)c(Br)o2)C1. The van der Waals surface area contributed by atoms with Gasteiger partial charge >= 0.3 is 0 Å². The monoisotopic (exact) mass is 377 g/mol. The molecule has 18 heavy (non-hydrogen) atoms. The summed E-state index contributed by atoms with van der Waals surface area (Å²) in [6.07, 6.45) is 6.99. The van der Waals surface area contributed by atoms with E-state index in [-0.39, 0.29) is 0 Å². The van der Waals surface area contributed by atoms with Gasteiger partial charge < -0.3 is 9.73 Å². The highest BCUT2D eigenvalue weighted by Gasteiger charge is 2.18. The molecular weight excluding hydrogens is 358 g/mol. The van der Waals surface area contributed by atoms with Crippen LogP contribution < -0.4 is 5.32 Å². The highest BCUT2D eigenvalue weighted by Crippen LogP contribution is 2.30. The minimum absolute atomic E-state index is 0.778. The molecule has 2 unspecified atom stereocenters. The van der Waals surface area contributed by atoms with Crippen molar-refractivity contribution in [3.63, 3.8) is 0 Å². The highest BCUT2D eigenvalue weighted by molar-refractivity contribution is 9.13. The highest BCUT2D eigenvalue weighted by atomic mass is 79.9. The zero-order chi connectivity index (χ0) is 13.0. The van der Waals surface area contributed by atoms with E-state index >= 15 is 0 Å². The molecule has 2 rings (SSSR count). The van der Waals surface area contributed by atoms with Crippen molar-refractivity contribution >= 4 is 31.9 Å². The summed E-state index contributed by atoms with van der Waals surface area (Å²) >= 11 is 6.78.